The summed E-state index contributed by atoms with van der Waals surface area (Å²) in [4.78, 5) is 38.5. The van der Waals surface area contributed by atoms with E-state index in [4.69, 9.17) is 21.1 Å². The maximum atomic E-state index is 12.5. The van der Waals surface area contributed by atoms with Gasteiger partial charge in [-0.25, -0.2) is 0 Å². The van der Waals surface area contributed by atoms with E-state index in [-0.39, 0.29) is 18.9 Å². The highest BCUT2D eigenvalue weighted by Gasteiger charge is 2.37. The van der Waals surface area contributed by atoms with E-state index < -0.39 is 24.4 Å². The Hall–Kier alpha value is -3.06. The van der Waals surface area contributed by atoms with Crippen molar-refractivity contribution in [2.24, 2.45) is 5.92 Å². The number of benzene rings is 2. The second kappa shape index (κ2) is 9.63. The summed E-state index contributed by atoms with van der Waals surface area (Å²) in [7, 11) is 0. The first kappa shape index (κ1) is 21.6. The first-order valence-corrected chi connectivity index (χ1v) is 10.0. The molecule has 1 saturated heterocycles. The second-order valence-corrected chi connectivity index (χ2v) is 7.28. The monoisotopic (exact) mass is 430 g/mol. The fourth-order valence-electron chi connectivity index (χ4n) is 3.24. The van der Waals surface area contributed by atoms with Crippen molar-refractivity contribution in [3.63, 3.8) is 0 Å². The maximum Gasteiger partial charge on any atom is 0.311 e. The smallest absolute Gasteiger partial charge is 0.311 e. The van der Waals surface area contributed by atoms with Gasteiger partial charge in [0.2, 0.25) is 5.91 Å². The third-order valence-electron chi connectivity index (χ3n) is 4.80. The number of amides is 2. The minimum atomic E-state index is -0.645. The quantitative estimate of drug-likeness (QED) is 0.678. The fraction of sp³-hybridized carbons (Fsp3) is 0.318. The van der Waals surface area contributed by atoms with Gasteiger partial charge in [0.25, 0.3) is 5.91 Å². The molecule has 0 saturated carbocycles. The molecule has 2 aromatic carbocycles. The normalized spacial score (nSPS) is 15.8. The summed E-state index contributed by atoms with van der Waals surface area (Å²) in [5.74, 6) is -1.32. The lowest BCUT2D eigenvalue weighted by Crippen LogP contribution is -2.28. The van der Waals surface area contributed by atoms with Crippen molar-refractivity contribution in [3.8, 4) is 5.75 Å². The van der Waals surface area contributed by atoms with Crippen LogP contribution in [0.2, 0.25) is 5.02 Å². The molecule has 1 N–H and O–H groups in total. The van der Waals surface area contributed by atoms with Gasteiger partial charge in [-0.2, -0.15) is 0 Å². The molecule has 7 nitrogen and oxygen atoms in total. The number of para-hydroxylation sites is 2. The number of anilines is 2. The Morgan fingerprint density at radius 2 is 1.97 bits per heavy atom. The van der Waals surface area contributed by atoms with Crippen molar-refractivity contribution in [1.82, 2.24) is 0 Å². The van der Waals surface area contributed by atoms with Crippen LogP contribution >= 0.6 is 11.6 Å². The highest BCUT2D eigenvalue weighted by atomic mass is 35.5. The van der Waals surface area contributed by atoms with Crippen molar-refractivity contribution in [2.45, 2.75) is 20.3 Å². The van der Waals surface area contributed by atoms with Crippen LogP contribution in [-0.4, -0.2) is 37.5 Å². The Balaban J connectivity index is 1.57. The maximum absolute atomic E-state index is 12.5. The first-order chi connectivity index (χ1) is 14.4. The summed E-state index contributed by atoms with van der Waals surface area (Å²) < 4.78 is 10.7. The Labute approximate surface area is 179 Å². The summed E-state index contributed by atoms with van der Waals surface area (Å²) >= 11 is 6.04. The van der Waals surface area contributed by atoms with Crippen LogP contribution < -0.4 is 15.0 Å². The number of hydrogen-bond donors (Lipinski definition) is 1. The molecule has 1 aliphatic rings. The summed E-state index contributed by atoms with van der Waals surface area (Å²) in [6, 6.07) is 12.3. The van der Waals surface area contributed by atoms with E-state index in [2.05, 4.69) is 5.32 Å². The number of halogens is 1. The van der Waals surface area contributed by atoms with Gasteiger partial charge in [0.15, 0.2) is 6.61 Å². The van der Waals surface area contributed by atoms with Gasteiger partial charge in [0.1, 0.15) is 5.75 Å². The van der Waals surface area contributed by atoms with Gasteiger partial charge in [-0.05, 0) is 43.7 Å². The number of carbonyl (C=O) groups is 3. The molecule has 1 heterocycles. The number of hydrogen-bond acceptors (Lipinski definition) is 5. The van der Waals surface area contributed by atoms with Crippen LogP contribution in [0, 0.1) is 12.8 Å². The number of esters is 1. The largest absolute Gasteiger partial charge is 0.492 e. The zero-order chi connectivity index (χ0) is 21.7. The molecule has 1 atom stereocenters. The summed E-state index contributed by atoms with van der Waals surface area (Å²) in [5, 5.41) is 3.20. The van der Waals surface area contributed by atoms with Crippen LogP contribution in [0.5, 0.6) is 5.75 Å². The van der Waals surface area contributed by atoms with Gasteiger partial charge in [-0.1, -0.05) is 29.8 Å². The van der Waals surface area contributed by atoms with Crippen molar-refractivity contribution in [2.75, 3.05) is 30.0 Å². The molecule has 0 aromatic heterocycles. The van der Waals surface area contributed by atoms with Crippen LogP contribution in [0.15, 0.2) is 42.5 Å². The summed E-state index contributed by atoms with van der Waals surface area (Å²) in [5.41, 5.74) is 1.90. The van der Waals surface area contributed by atoms with Crippen LogP contribution in [-0.2, 0) is 19.1 Å². The van der Waals surface area contributed by atoms with Crippen molar-refractivity contribution in [1.29, 1.82) is 0 Å². The van der Waals surface area contributed by atoms with Gasteiger partial charge in [-0.15, -0.1) is 0 Å². The minimum Gasteiger partial charge on any atom is -0.492 e. The molecule has 0 spiro atoms. The van der Waals surface area contributed by atoms with Gasteiger partial charge >= 0.3 is 5.97 Å². The highest BCUT2D eigenvalue weighted by Crippen LogP contribution is 2.33. The van der Waals surface area contributed by atoms with Crippen LogP contribution in [0.3, 0.4) is 0 Å². The molecule has 158 valence electrons. The average Bonchev–Trinajstić information content (AvgIpc) is 3.12. The SMILES string of the molecule is CCOc1ccccc1N1C[C@H](C(=O)OCC(=O)Nc2cccc(Cl)c2C)CC1=O. The Kier molecular flexibility index (Phi) is 6.95. The third-order valence-corrected chi connectivity index (χ3v) is 5.21. The van der Waals surface area contributed by atoms with Gasteiger partial charge in [-0.3, -0.25) is 14.4 Å². The lowest BCUT2D eigenvalue weighted by molar-refractivity contribution is -0.151. The minimum absolute atomic E-state index is 0.0221. The molecule has 0 bridgehead atoms. The molecular formula is C22H23ClN2O5. The number of nitrogens with zero attached hydrogens (tertiary/aromatic N) is 1. The van der Waals surface area contributed by atoms with Crippen molar-refractivity contribution >= 4 is 40.8 Å². The number of nitrogens with one attached hydrogen (secondary N) is 1. The molecule has 0 unspecified atom stereocenters. The molecule has 0 aliphatic carbocycles. The molecule has 1 aliphatic heterocycles. The van der Waals surface area contributed by atoms with Crippen molar-refractivity contribution < 1.29 is 23.9 Å². The van der Waals surface area contributed by atoms with E-state index >= 15 is 0 Å². The Bertz CT molecular complexity index is 962. The molecule has 1 fully saturated rings. The summed E-state index contributed by atoms with van der Waals surface area (Å²) in [6.45, 7) is 3.84. The molecule has 2 amide bonds. The predicted octanol–water partition coefficient (Wildman–Crippen LogP) is 3.58. The second-order valence-electron chi connectivity index (χ2n) is 6.87. The van der Waals surface area contributed by atoms with E-state index in [9.17, 15) is 14.4 Å². The molecule has 2 aromatic rings. The standard InChI is InChI=1S/C22H23ClN2O5/c1-3-29-19-10-5-4-9-18(19)25-12-15(11-21(25)27)22(28)30-13-20(26)24-17-8-6-7-16(23)14(17)2/h4-10,15H,3,11-13H2,1-2H3,(H,24,26)/t15-/m1/s1. The van der Waals surface area contributed by atoms with E-state index in [0.717, 1.165) is 5.56 Å². The van der Waals surface area contributed by atoms with Gasteiger partial charge in [0, 0.05) is 23.7 Å². The molecule has 0 radical (unpaired) electrons. The lowest BCUT2D eigenvalue weighted by atomic mass is 10.1. The van der Waals surface area contributed by atoms with Crippen LogP contribution in [0.1, 0.15) is 18.9 Å². The Morgan fingerprint density at radius 1 is 1.20 bits per heavy atom. The zero-order valence-electron chi connectivity index (χ0n) is 16.8. The van der Waals surface area contributed by atoms with Crippen LogP contribution in [0.4, 0.5) is 11.4 Å². The lowest BCUT2D eigenvalue weighted by Gasteiger charge is -2.20. The Morgan fingerprint density at radius 3 is 2.73 bits per heavy atom. The van der Waals surface area contributed by atoms with Crippen LogP contribution in [0.25, 0.3) is 0 Å². The van der Waals surface area contributed by atoms with E-state index in [0.29, 0.717) is 28.8 Å². The number of rotatable bonds is 7. The van der Waals surface area contributed by atoms with E-state index in [1.54, 1.807) is 43.3 Å². The highest BCUT2D eigenvalue weighted by molar-refractivity contribution is 6.31. The zero-order valence-corrected chi connectivity index (χ0v) is 17.6. The van der Waals surface area contributed by atoms with E-state index in [1.165, 1.54) is 4.90 Å². The van der Waals surface area contributed by atoms with Gasteiger partial charge in [0.05, 0.1) is 18.2 Å². The average molecular weight is 431 g/mol. The number of carbonyl (C=O) groups excluding carboxylic acids is 3. The van der Waals surface area contributed by atoms with E-state index in [1.807, 2.05) is 13.0 Å². The fourth-order valence-corrected chi connectivity index (χ4v) is 3.41. The molecule has 3 rings (SSSR count). The molecular weight excluding hydrogens is 408 g/mol. The summed E-state index contributed by atoms with van der Waals surface area (Å²) in [6.07, 6.45) is 0.0221. The number of ether oxygens (including phenoxy) is 2. The van der Waals surface area contributed by atoms with Gasteiger partial charge < -0.3 is 19.7 Å². The third kappa shape index (κ3) is 4.91. The molecule has 30 heavy (non-hydrogen) atoms. The predicted molar refractivity (Wildman–Crippen MR) is 114 cm³/mol. The first-order valence-electron chi connectivity index (χ1n) is 9.64. The topological polar surface area (TPSA) is 84.9 Å². The van der Waals surface area contributed by atoms with Crippen molar-refractivity contribution in [3.05, 3.63) is 53.1 Å². The molecule has 8 heteroatoms.